The monoisotopic (exact) mass is 443 g/mol. The van der Waals surface area contributed by atoms with E-state index < -0.39 is 0 Å². The Morgan fingerprint density at radius 2 is 1.97 bits per heavy atom. The predicted octanol–water partition coefficient (Wildman–Crippen LogP) is 3.62. The van der Waals surface area contributed by atoms with Crippen LogP contribution in [0.1, 0.15) is 29.5 Å². The van der Waals surface area contributed by atoms with Crippen LogP contribution < -0.4 is 5.32 Å². The highest BCUT2D eigenvalue weighted by molar-refractivity contribution is 5.84. The van der Waals surface area contributed by atoms with Crippen LogP contribution in [-0.4, -0.2) is 59.2 Å². The van der Waals surface area contributed by atoms with Gasteiger partial charge in [-0.2, -0.15) is 5.26 Å². The third-order valence-electron chi connectivity index (χ3n) is 6.83. The Hall–Kier alpha value is -3.34. The van der Waals surface area contributed by atoms with Gasteiger partial charge in [0.15, 0.2) is 0 Å². The molecule has 1 spiro atoms. The minimum absolute atomic E-state index is 0.189. The summed E-state index contributed by atoms with van der Waals surface area (Å²) in [5, 5.41) is 13.7. The number of benzene rings is 2. The van der Waals surface area contributed by atoms with Crippen LogP contribution in [0.4, 0.5) is 4.79 Å². The second-order valence-corrected chi connectivity index (χ2v) is 9.10. The third kappa shape index (κ3) is 4.72. The maximum absolute atomic E-state index is 12.5. The Balaban J connectivity index is 1.12. The van der Waals surface area contributed by atoms with Crippen molar-refractivity contribution in [2.24, 2.45) is 0 Å². The number of nitrogens with zero attached hydrogens (tertiary/aromatic N) is 3. The molecule has 170 valence electrons. The predicted molar refractivity (Wildman–Crippen MR) is 126 cm³/mol. The lowest BCUT2D eigenvalue weighted by molar-refractivity contribution is -0.00114. The lowest BCUT2D eigenvalue weighted by Crippen LogP contribution is -2.46. The van der Waals surface area contributed by atoms with Gasteiger partial charge in [0.25, 0.3) is 0 Å². The molecule has 2 N–H and O–H groups in total. The Bertz CT molecular complexity index is 1160. The molecule has 2 aliphatic heterocycles. The Labute approximate surface area is 193 Å². The van der Waals surface area contributed by atoms with Crippen molar-refractivity contribution in [3.63, 3.8) is 0 Å². The maximum Gasteiger partial charge on any atom is 0.410 e. The number of hydrogen-bond donors (Lipinski definition) is 2. The number of piperidine rings is 1. The number of aromatic nitrogens is 1. The SMILES string of the molecule is N#Cc1ccc2[nH]cc(CN3CCC4(CC3)CN(CCNCc3ccccc3)C(=O)O4)c2c1. The zero-order chi connectivity index (χ0) is 22.7. The molecular weight excluding hydrogens is 414 g/mol. The molecule has 33 heavy (non-hydrogen) atoms. The molecule has 1 amide bonds. The lowest BCUT2D eigenvalue weighted by atomic mass is 9.91. The highest BCUT2D eigenvalue weighted by Gasteiger charge is 2.46. The van der Waals surface area contributed by atoms with Crippen molar-refractivity contribution in [3.05, 3.63) is 71.4 Å². The van der Waals surface area contributed by atoms with Crippen LogP contribution in [0.3, 0.4) is 0 Å². The molecule has 2 aliphatic rings. The van der Waals surface area contributed by atoms with Gasteiger partial charge in [0, 0.05) is 69.2 Å². The second kappa shape index (κ2) is 9.26. The summed E-state index contributed by atoms with van der Waals surface area (Å²) in [5.41, 5.74) is 3.81. The summed E-state index contributed by atoms with van der Waals surface area (Å²) >= 11 is 0. The van der Waals surface area contributed by atoms with Crippen molar-refractivity contribution in [2.75, 3.05) is 32.7 Å². The van der Waals surface area contributed by atoms with Crippen LogP contribution in [-0.2, 0) is 17.8 Å². The number of nitrogens with one attached hydrogen (secondary N) is 2. The number of likely N-dealkylation sites (tertiary alicyclic amines) is 1. The minimum Gasteiger partial charge on any atom is -0.441 e. The largest absolute Gasteiger partial charge is 0.441 e. The first-order chi connectivity index (χ1) is 16.1. The Morgan fingerprint density at radius 1 is 1.15 bits per heavy atom. The van der Waals surface area contributed by atoms with E-state index in [2.05, 4.69) is 33.4 Å². The Morgan fingerprint density at radius 3 is 2.76 bits per heavy atom. The third-order valence-corrected chi connectivity index (χ3v) is 6.83. The van der Waals surface area contributed by atoms with E-state index in [9.17, 15) is 10.1 Å². The first-order valence-corrected chi connectivity index (χ1v) is 11.6. The van der Waals surface area contributed by atoms with Crippen molar-refractivity contribution < 1.29 is 9.53 Å². The molecule has 0 saturated carbocycles. The van der Waals surface area contributed by atoms with Gasteiger partial charge in [0.1, 0.15) is 5.60 Å². The summed E-state index contributed by atoms with van der Waals surface area (Å²) in [4.78, 5) is 20.0. The van der Waals surface area contributed by atoms with Gasteiger partial charge in [0.2, 0.25) is 0 Å². The van der Waals surface area contributed by atoms with E-state index in [1.54, 1.807) is 0 Å². The molecule has 2 fully saturated rings. The highest BCUT2D eigenvalue weighted by Crippen LogP contribution is 2.34. The fourth-order valence-corrected chi connectivity index (χ4v) is 4.91. The summed E-state index contributed by atoms with van der Waals surface area (Å²) < 4.78 is 5.89. The van der Waals surface area contributed by atoms with Gasteiger partial charge in [-0.1, -0.05) is 30.3 Å². The zero-order valence-corrected chi connectivity index (χ0v) is 18.7. The van der Waals surface area contributed by atoms with Gasteiger partial charge in [-0.25, -0.2) is 4.79 Å². The molecule has 2 aromatic carbocycles. The molecule has 0 bridgehead atoms. The summed E-state index contributed by atoms with van der Waals surface area (Å²) in [6.07, 6.45) is 3.54. The first-order valence-electron chi connectivity index (χ1n) is 11.6. The van der Waals surface area contributed by atoms with Gasteiger partial charge >= 0.3 is 6.09 Å². The first kappa shape index (κ1) is 21.5. The van der Waals surface area contributed by atoms with Crippen LogP contribution >= 0.6 is 0 Å². The molecule has 7 nitrogen and oxygen atoms in total. The molecule has 2 saturated heterocycles. The number of aromatic amines is 1. The molecular formula is C26H29N5O2. The van der Waals surface area contributed by atoms with Crippen molar-refractivity contribution >= 4 is 17.0 Å². The average molecular weight is 444 g/mol. The van der Waals surface area contributed by atoms with Crippen molar-refractivity contribution in [1.82, 2.24) is 20.1 Å². The molecule has 1 aromatic heterocycles. The van der Waals surface area contributed by atoms with Crippen molar-refractivity contribution in [2.45, 2.75) is 31.5 Å². The van der Waals surface area contributed by atoms with Gasteiger partial charge in [0.05, 0.1) is 18.2 Å². The number of carbonyl (C=O) groups excluding carboxylic acids is 1. The van der Waals surface area contributed by atoms with E-state index in [4.69, 9.17) is 4.74 Å². The van der Waals surface area contributed by atoms with Gasteiger partial charge < -0.3 is 19.9 Å². The molecule has 3 heterocycles. The van der Waals surface area contributed by atoms with Crippen molar-refractivity contribution in [1.29, 1.82) is 5.26 Å². The minimum atomic E-state index is -0.360. The van der Waals surface area contributed by atoms with Crippen LogP contribution in [0.25, 0.3) is 10.9 Å². The summed E-state index contributed by atoms with van der Waals surface area (Å²) in [7, 11) is 0. The van der Waals surface area contributed by atoms with E-state index >= 15 is 0 Å². The molecule has 0 unspecified atom stereocenters. The number of hydrogen-bond acceptors (Lipinski definition) is 5. The van der Waals surface area contributed by atoms with Crippen LogP contribution in [0.2, 0.25) is 0 Å². The standard InChI is InChI=1S/C26H29N5O2/c27-15-21-6-7-24-23(14-21)22(17-29-24)18-30-11-8-26(9-12-30)19-31(25(32)33-26)13-10-28-16-20-4-2-1-3-5-20/h1-7,14,17,28-29H,8-13,16,18-19H2. The molecule has 0 radical (unpaired) electrons. The molecule has 0 aliphatic carbocycles. The van der Waals surface area contributed by atoms with E-state index in [0.717, 1.165) is 56.5 Å². The molecule has 3 aromatic rings. The second-order valence-electron chi connectivity index (χ2n) is 9.10. The van der Waals surface area contributed by atoms with Gasteiger partial charge in [-0.05, 0) is 29.3 Å². The molecule has 0 atom stereocenters. The van der Waals surface area contributed by atoms with E-state index in [0.29, 0.717) is 18.7 Å². The topological polar surface area (TPSA) is 84.4 Å². The molecule has 7 heteroatoms. The number of nitriles is 1. The number of H-pyrrole nitrogens is 1. The highest BCUT2D eigenvalue weighted by atomic mass is 16.6. The fourth-order valence-electron chi connectivity index (χ4n) is 4.91. The van der Waals surface area contributed by atoms with Crippen LogP contribution in [0, 0.1) is 11.3 Å². The number of ether oxygens (including phenoxy) is 1. The number of rotatable bonds is 7. The zero-order valence-electron chi connectivity index (χ0n) is 18.7. The number of carbonyl (C=O) groups is 1. The summed E-state index contributed by atoms with van der Waals surface area (Å²) in [6.45, 7) is 5.48. The quantitative estimate of drug-likeness (QED) is 0.545. The smallest absolute Gasteiger partial charge is 0.410 e. The lowest BCUT2D eigenvalue weighted by Gasteiger charge is -2.37. The van der Waals surface area contributed by atoms with E-state index in [1.807, 2.05) is 47.5 Å². The summed E-state index contributed by atoms with van der Waals surface area (Å²) in [6, 6.07) is 18.3. The van der Waals surface area contributed by atoms with E-state index in [1.165, 1.54) is 11.1 Å². The fraction of sp³-hybridized carbons (Fsp3) is 0.385. The normalized spacial score (nSPS) is 18.0. The number of fused-ring (bicyclic) bond motifs is 1. The molecule has 5 rings (SSSR count). The van der Waals surface area contributed by atoms with Gasteiger partial charge in [-0.3, -0.25) is 4.90 Å². The average Bonchev–Trinajstić information content (AvgIpc) is 3.38. The van der Waals surface area contributed by atoms with Crippen LogP contribution in [0.5, 0.6) is 0 Å². The Kier molecular flexibility index (Phi) is 6.03. The van der Waals surface area contributed by atoms with E-state index in [-0.39, 0.29) is 11.7 Å². The number of amides is 1. The van der Waals surface area contributed by atoms with Gasteiger partial charge in [-0.15, -0.1) is 0 Å². The van der Waals surface area contributed by atoms with Crippen molar-refractivity contribution in [3.8, 4) is 6.07 Å². The van der Waals surface area contributed by atoms with Crippen LogP contribution in [0.15, 0.2) is 54.7 Å². The maximum atomic E-state index is 12.5. The summed E-state index contributed by atoms with van der Waals surface area (Å²) in [5.74, 6) is 0.